The van der Waals surface area contributed by atoms with Gasteiger partial charge in [0.05, 0.1) is 17.0 Å². The van der Waals surface area contributed by atoms with Crippen LogP contribution >= 0.6 is 0 Å². The summed E-state index contributed by atoms with van der Waals surface area (Å²) in [5.74, 6) is -0.205. The molecule has 1 atom stereocenters. The van der Waals surface area contributed by atoms with Crippen molar-refractivity contribution in [2.75, 3.05) is 13.2 Å². The molecule has 33 heavy (non-hydrogen) atoms. The molecule has 0 radical (unpaired) electrons. The third-order valence-electron chi connectivity index (χ3n) is 5.80. The molecular weight excluding hydrogens is 414 g/mol. The number of carbonyl (C=O) groups is 2. The molecule has 0 heterocycles. The Hall–Kier alpha value is -3.39. The Kier molecular flexibility index (Phi) is 9.42. The molecule has 2 rings (SSSR count). The van der Waals surface area contributed by atoms with Gasteiger partial charge in [-0.15, -0.1) is 0 Å². The van der Waals surface area contributed by atoms with Crippen LogP contribution in [0.5, 0.6) is 0 Å². The van der Waals surface area contributed by atoms with Crippen molar-refractivity contribution in [2.45, 2.75) is 41.0 Å². The Morgan fingerprint density at radius 1 is 0.939 bits per heavy atom. The lowest BCUT2D eigenvalue weighted by molar-refractivity contribution is -0.162. The number of nitrogens with zero attached hydrogens (tertiary/aromatic N) is 1. The summed E-state index contributed by atoms with van der Waals surface area (Å²) in [6.07, 6.45) is 3.78. The molecule has 5 heteroatoms. The lowest BCUT2D eigenvalue weighted by Gasteiger charge is -2.32. The summed E-state index contributed by atoms with van der Waals surface area (Å²) in [6.45, 7) is 10.2. The number of rotatable bonds is 10. The molecule has 0 amide bonds. The van der Waals surface area contributed by atoms with Crippen LogP contribution < -0.4 is 0 Å². The molecule has 2 aromatic carbocycles. The Morgan fingerprint density at radius 2 is 1.48 bits per heavy atom. The van der Waals surface area contributed by atoms with E-state index in [-0.39, 0.29) is 25.1 Å². The average Bonchev–Trinajstić information content (AvgIpc) is 2.80. The maximum atomic E-state index is 12.6. The highest BCUT2D eigenvalue weighted by molar-refractivity contribution is 5.87. The monoisotopic (exact) mass is 447 g/mol. The summed E-state index contributed by atoms with van der Waals surface area (Å²) in [5.41, 5.74) is 2.96. The van der Waals surface area contributed by atoms with Crippen molar-refractivity contribution < 1.29 is 19.1 Å². The molecule has 0 aliphatic carbocycles. The van der Waals surface area contributed by atoms with Gasteiger partial charge in [-0.2, -0.15) is 5.26 Å². The van der Waals surface area contributed by atoms with E-state index in [0.717, 1.165) is 23.1 Å². The van der Waals surface area contributed by atoms with E-state index < -0.39 is 11.4 Å². The van der Waals surface area contributed by atoms with Gasteiger partial charge in [0, 0.05) is 6.08 Å². The fraction of sp³-hybridized carbons (Fsp3) is 0.393. The lowest BCUT2D eigenvalue weighted by Crippen LogP contribution is -2.37. The molecule has 0 saturated carbocycles. The molecule has 0 N–H and O–H groups in total. The topological polar surface area (TPSA) is 76.4 Å². The van der Waals surface area contributed by atoms with Crippen LogP contribution in [-0.4, -0.2) is 25.2 Å². The predicted octanol–water partition coefficient (Wildman–Crippen LogP) is 6.03. The quantitative estimate of drug-likeness (QED) is 0.252. The van der Waals surface area contributed by atoms with E-state index in [4.69, 9.17) is 14.7 Å². The highest BCUT2D eigenvalue weighted by atomic mass is 16.6. The van der Waals surface area contributed by atoms with Crippen LogP contribution in [0.15, 0.2) is 54.6 Å². The van der Waals surface area contributed by atoms with Crippen LogP contribution in [0.3, 0.4) is 0 Å². The largest absolute Gasteiger partial charge is 0.462 e. The zero-order valence-corrected chi connectivity index (χ0v) is 20.1. The number of nitriles is 1. The summed E-state index contributed by atoms with van der Waals surface area (Å²) in [4.78, 5) is 24.6. The summed E-state index contributed by atoms with van der Waals surface area (Å²) < 4.78 is 10.5. The van der Waals surface area contributed by atoms with E-state index in [1.807, 2.05) is 57.2 Å². The van der Waals surface area contributed by atoms with Crippen molar-refractivity contribution in [3.05, 3.63) is 65.7 Å². The number of benzene rings is 2. The molecular formula is C28H33NO4. The minimum Gasteiger partial charge on any atom is -0.462 e. The van der Waals surface area contributed by atoms with E-state index >= 15 is 0 Å². The van der Waals surface area contributed by atoms with E-state index in [0.29, 0.717) is 11.5 Å². The molecule has 0 fully saturated rings. The van der Waals surface area contributed by atoms with Crippen LogP contribution in [-0.2, 0) is 19.1 Å². The second kappa shape index (κ2) is 12.0. The Balaban J connectivity index is 1.81. The number of carbonyl (C=O) groups excluding carboxylic acids is 2. The van der Waals surface area contributed by atoms with Gasteiger partial charge in [-0.25, -0.2) is 4.79 Å². The minimum absolute atomic E-state index is 0.0163. The molecule has 0 aliphatic heterocycles. The molecule has 0 bridgehead atoms. The smallest absolute Gasteiger partial charge is 0.330 e. The average molecular weight is 448 g/mol. The Morgan fingerprint density at radius 3 is 2.00 bits per heavy atom. The summed E-state index contributed by atoms with van der Waals surface area (Å²) in [6, 6.07) is 17.2. The van der Waals surface area contributed by atoms with Crippen molar-refractivity contribution >= 4 is 18.0 Å². The first-order chi connectivity index (χ1) is 15.7. The van der Waals surface area contributed by atoms with Gasteiger partial charge in [-0.1, -0.05) is 64.1 Å². The summed E-state index contributed by atoms with van der Waals surface area (Å²) in [5, 5.41) is 8.89. The second-order valence-electron chi connectivity index (χ2n) is 9.12. The Labute approximate surface area is 197 Å². The summed E-state index contributed by atoms with van der Waals surface area (Å²) >= 11 is 0. The highest BCUT2D eigenvalue weighted by Gasteiger charge is 2.38. The van der Waals surface area contributed by atoms with Crippen molar-refractivity contribution in [2.24, 2.45) is 17.3 Å². The van der Waals surface area contributed by atoms with Crippen molar-refractivity contribution in [3.63, 3.8) is 0 Å². The maximum Gasteiger partial charge on any atom is 0.330 e. The fourth-order valence-electron chi connectivity index (χ4n) is 3.58. The molecule has 5 nitrogen and oxygen atoms in total. The van der Waals surface area contributed by atoms with Crippen molar-refractivity contribution in [1.29, 1.82) is 5.26 Å². The molecule has 0 aromatic heterocycles. The zero-order chi connectivity index (χ0) is 24.4. The van der Waals surface area contributed by atoms with Crippen LogP contribution in [0.4, 0.5) is 0 Å². The first kappa shape index (κ1) is 25.9. The van der Waals surface area contributed by atoms with Gasteiger partial charge in [0.25, 0.3) is 0 Å². The normalized spacial score (nSPS) is 13.0. The van der Waals surface area contributed by atoms with E-state index in [1.54, 1.807) is 18.2 Å². The van der Waals surface area contributed by atoms with Crippen LogP contribution in [0.1, 0.15) is 52.2 Å². The maximum absolute atomic E-state index is 12.6. The van der Waals surface area contributed by atoms with Crippen LogP contribution in [0, 0.1) is 28.6 Å². The van der Waals surface area contributed by atoms with Gasteiger partial charge in [-0.05, 0) is 60.1 Å². The van der Waals surface area contributed by atoms with E-state index in [1.165, 1.54) is 6.08 Å². The second-order valence-corrected chi connectivity index (χ2v) is 9.12. The SMILES string of the molecule is CC(C)CC(C)(C(=O)OCCOC(=O)/C=C/c1ccc(-c2ccc(C#N)cc2)cc1)C(C)C. The molecule has 2 aromatic rings. The lowest BCUT2D eigenvalue weighted by atomic mass is 9.73. The summed E-state index contributed by atoms with van der Waals surface area (Å²) in [7, 11) is 0. The van der Waals surface area contributed by atoms with Crippen LogP contribution in [0.2, 0.25) is 0 Å². The zero-order valence-electron chi connectivity index (χ0n) is 20.1. The van der Waals surface area contributed by atoms with Gasteiger partial charge >= 0.3 is 11.9 Å². The number of hydrogen-bond acceptors (Lipinski definition) is 5. The van der Waals surface area contributed by atoms with Crippen molar-refractivity contribution in [1.82, 2.24) is 0 Å². The van der Waals surface area contributed by atoms with Gasteiger partial charge in [0.1, 0.15) is 13.2 Å². The van der Waals surface area contributed by atoms with Crippen LogP contribution in [0.25, 0.3) is 17.2 Å². The van der Waals surface area contributed by atoms with Gasteiger partial charge in [0.2, 0.25) is 0 Å². The number of hydrogen-bond donors (Lipinski definition) is 0. The van der Waals surface area contributed by atoms with Gasteiger partial charge < -0.3 is 9.47 Å². The third kappa shape index (κ3) is 7.61. The number of ether oxygens (including phenoxy) is 2. The molecule has 174 valence electrons. The Bertz CT molecular complexity index is 998. The fourth-order valence-corrected chi connectivity index (χ4v) is 3.58. The van der Waals surface area contributed by atoms with Gasteiger partial charge in [-0.3, -0.25) is 4.79 Å². The van der Waals surface area contributed by atoms with Gasteiger partial charge in [0.15, 0.2) is 0 Å². The highest BCUT2D eigenvalue weighted by Crippen LogP contribution is 2.35. The van der Waals surface area contributed by atoms with E-state index in [2.05, 4.69) is 19.9 Å². The first-order valence-corrected chi connectivity index (χ1v) is 11.3. The van der Waals surface area contributed by atoms with Crippen molar-refractivity contribution in [3.8, 4) is 17.2 Å². The molecule has 0 saturated heterocycles. The third-order valence-corrected chi connectivity index (χ3v) is 5.80. The molecule has 0 aliphatic rings. The predicted molar refractivity (Wildman–Crippen MR) is 130 cm³/mol. The minimum atomic E-state index is -0.554. The number of esters is 2. The standard InChI is InChI=1S/C28H33NO4/c1-20(2)18-28(5,21(3)4)27(31)33-17-16-32-26(30)15-10-22-6-11-24(12-7-22)25-13-8-23(19-29)9-14-25/h6-15,20-21H,16-18H2,1-5H3/b15-10+. The molecule has 1 unspecified atom stereocenters. The molecule has 0 spiro atoms. The van der Waals surface area contributed by atoms with E-state index in [9.17, 15) is 9.59 Å². The first-order valence-electron chi connectivity index (χ1n) is 11.3.